The second kappa shape index (κ2) is 5.99. The third-order valence-electron chi connectivity index (χ3n) is 3.04. The summed E-state index contributed by atoms with van der Waals surface area (Å²) in [5.41, 5.74) is -0.771. The Labute approximate surface area is 122 Å². The Bertz CT molecular complexity index is 660. The van der Waals surface area contributed by atoms with Crippen molar-refractivity contribution < 1.29 is 22.0 Å². The molecule has 0 radical (unpaired) electrons. The summed E-state index contributed by atoms with van der Waals surface area (Å²) >= 11 is 5.92. The van der Waals surface area contributed by atoms with E-state index < -0.39 is 40.7 Å². The molecule has 7 heteroatoms. The molecule has 0 aliphatic carbocycles. The van der Waals surface area contributed by atoms with Crippen LogP contribution in [0.2, 0.25) is 5.02 Å². The molecule has 2 aromatic rings. The second-order valence-electron chi connectivity index (χ2n) is 4.23. The number of halogens is 6. The minimum absolute atomic E-state index is 0.140. The summed E-state index contributed by atoms with van der Waals surface area (Å²) in [7, 11) is 1.33. The summed E-state index contributed by atoms with van der Waals surface area (Å²) in [5, 5.41) is 2.65. The van der Waals surface area contributed by atoms with Crippen LogP contribution in [0.5, 0.6) is 0 Å². The fourth-order valence-corrected chi connectivity index (χ4v) is 2.28. The van der Waals surface area contributed by atoms with Crippen molar-refractivity contribution in [1.82, 2.24) is 5.32 Å². The van der Waals surface area contributed by atoms with Crippen LogP contribution in [0.4, 0.5) is 22.0 Å². The summed E-state index contributed by atoms with van der Waals surface area (Å²) in [5.74, 6) is -9.94. The maximum atomic E-state index is 13.9. The van der Waals surface area contributed by atoms with E-state index in [1.165, 1.54) is 25.2 Å². The van der Waals surface area contributed by atoms with Crippen molar-refractivity contribution in [3.8, 4) is 0 Å². The average Bonchev–Trinajstić information content (AvgIpc) is 2.48. The molecule has 0 aliphatic rings. The van der Waals surface area contributed by atoms with Crippen LogP contribution in [0.3, 0.4) is 0 Å². The Morgan fingerprint density at radius 1 is 0.857 bits per heavy atom. The zero-order valence-electron chi connectivity index (χ0n) is 10.7. The van der Waals surface area contributed by atoms with E-state index in [1.54, 1.807) is 6.07 Å². The maximum absolute atomic E-state index is 13.9. The molecule has 1 atom stereocenters. The minimum atomic E-state index is -2.19. The molecule has 1 N–H and O–H groups in total. The average molecular weight is 322 g/mol. The molecule has 2 aromatic carbocycles. The Morgan fingerprint density at radius 2 is 1.33 bits per heavy atom. The van der Waals surface area contributed by atoms with Gasteiger partial charge in [0.15, 0.2) is 23.3 Å². The van der Waals surface area contributed by atoms with Crippen LogP contribution in [0.1, 0.15) is 17.2 Å². The Hall–Kier alpha value is -1.66. The topological polar surface area (TPSA) is 12.0 Å². The molecule has 0 amide bonds. The molecule has 21 heavy (non-hydrogen) atoms. The molecule has 0 heterocycles. The molecule has 0 aliphatic heterocycles. The van der Waals surface area contributed by atoms with Crippen molar-refractivity contribution >= 4 is 11.6 Å². The number of benzene rings is 2. The first kappa shape index (κ1) is 15.7. The van der Waals surface area contributed by atoms with Gasteiger partial charge >= 0.3 is 0 Å². The summed E-state index contributed by atoms with van der Waals surface area (Å²) in [6.07, 6.45) is 0. The molecule has 1 unspecified atom stereocenters. The molecular formula is C14H9ClF5N. The highest BCUT2D eigenvalue weighted by molar-refractivity contribution is 6.31. The lowest BCUT2D eigenvalue weighted by Gasteiger charge is -2.20. The van der Waals surface area contributed by atoms with Gasteiger partial charge < -0.3 is 5.32 Å². The van der Waals surface area contributed by atoms with Gasteiger partial charge in [-0.05, 0) is 18.7 Å². The summed E-state index contributed by atoms with van der Waals surface area (Å²) in [6.45, 7) is 0. The van der Waals surface area contributed by atoms with Crippen LogP contribution in [0.15, 0.2) is 24.3 Å². The fourth-order valence-electron chi connectivity index (χ4n) is 2.04. The predicted molar refractivity (Wildman–Crippen MR) is 68.6 cm³/mol. The molecule has 0 aromatic heterocycles. The minimum Gasteiger partial charge on any atom is -0.309 e. The van der Waals surface area contributed by atoms with Crippen molar-refractivity contribution in [3.05, 3.63) is 69.5 Å². The van der Waals surface area contributed by atoms with E-state index in [-0.39, 0.29) is 10.6 Å². The van der Waals surface area contributed by atoms with Crippen LogP contribution < -0.4 is 5.32 Å². The van der Waals surface area contributed by atoms with Gasteiger partial charge in [-0.3, -0.25) is 0 Å². The first-order valence-electron chi connectivity index (χ1n) is 5.83. The molecule has 0 saturated heterocycles. The van der Waals surface area contributed by atoms with Gasteiger partial charge in [0.2, 0.25) is 5.82 Å². The monoisotopic (exact) mass is 321 g/mol. The highest BCUT2D eigenvalue weighted by atomic mass is 35.5. The van der Waals surface area contributed by atoms with Gasteiger partial charge in [-0.25, -0.2) is 22.0 Å². The van der Waals surface area contributed by atoms with Gasteiger partial charge in [-0.2, -0.15) is 0 Å². The highest BCUT2D eigenvalue weighted by Crippen LogP contribution is 2.34. The first-order valence-corrected chi connectivity index (χ1v) is 6.21. The lowest BCUT2D eigenvalue weighted by molar-refractivity contribution is 0.364. The standard InChI is InChI=1S/C14H9ClF5N/c1-21-14(6-4-2-3-5-7(6)15)8-9(16)11(18)13(20)12(19)10(8)17/h2-5,14,21H,1H3. The Balaban J connectivity index is 2.73. The lowest BCUT2D eigenvalue weighted by atomic mass is 9.97. The molecule has 0 saturated carbocycles. The molecule has 0 fully saturated rings. The second-order valence-corrected chi connectivity index (χ2v) is 4.63. The van der Waals surface area contributed by atoms with E-state index in [2.05, 4.69) is 5.32 Å². The summed E-state index contributed by atoms with van der Waals surface area (Å²) in [4.78, 5) is 0. The normalized spacial score (nSPS) is 12.5. The third kappa shape index (κ3) is 2.61. The van der Waals surface area contributed by atoms with Crippen molar-refractivity contribution in [1.29, 1.82) is 0 Å². The quantitative estimate of drug-likeness (QED) is 0.503. The Morgan fingerprint density at radius 3 is 1.81 bits per heavy atom. The van der Waals surface area contributed by atoms with Gasteiger partial charge in [0.25, 0.3) is 0 Å². The van der Waals surface area contributed by atoms with E-state index in [0.717, 1.165) is 0 Å². The number of hydrogen-bond donors (Lipinski definition) is 1. The maximum Gasteiger partial charge on any atom is 0.200 e. The smallest absolute Gasteiger partial charge is 0.200 e. The van der Waals surface area contributed by atoms with Gasteiger partial charge in [-0.1, -0.05) is 29.8 Å². The van der Waals surface area contributed by atoms with E-state index >= 15 is 0 Å². The van der Waals surface area contributed by atoms with Gasteiger partial charge in [0, 0.05) is 5.02 Å². The Kier molecular flexibility index (Phi) is 4.49. The largest absolute Gasteiger partial charge is 0.309 e. The first-order chi connectivity index (χ1) is 9.90. The highest BCUT2D eigenvalue weighted by Gasteiger charge is 2.31. The van der Waals surface area contributed by atoms with Gasteiger partial charge in [0.05, 0.1) is 11.6 Å². The van der Waals surface area contributed by atoms with Crippen molar-refractivity contribution in [2.45, 2.75) is 6.04 Å². The van der Waals surface area contributed by atoms with E-state index in [4.69, 9.17) is 11.6 Å². The van der Waals surface area contributed by atoms with Crippen LogP contribution in [-0.2, 0) is 0 Å². The number of rotatable bonds is 3. The van der Waals surface area contributed by atoms with Crippen LogP contribution in [-0.4, -0.2) is 7.05 Å². The van der Waals surface area contributed by atoms with Gasteiger partial charge in [-0.15, -0.1) is 0 Å². The molecule has 1 nitrogen and oxygen atoms in total. The SMILES string of the molecule is CNC(c1ccccc1Cl)c1c(F)c(F)c(F)c(F)c1F. The van der Waals surface area contributed by atoms with Crippen LogP contribution >= 0.6 is 11.6 Å². The van der Waals surface area contributed by atoms with E-state index in [9.17, 15) is 22.0 Å². The predicted octanol–water partition coefficient (Wildman–Crippen LogP) is 4.34. The van der Waals surface area contributed by atoms with Crippen molar-refractivity contribution in [2.75, 3.05) is 7.05 Å². The van der Waals surface area contributed by atoms with Crippen molar-refractivity contribution in [3.63, 3.8) is 0 Å². The molecule has 0 spiro atoms. The number of nitrogens with one attached hydrogen (secondary N) is 1. The molecule has 2 rings (SSSR count). The summed E-state index contributed by atoms with van der Waals surface area (Å²) < 4.78 is 67.4. The number of hydrogen-bond acceptors (Lipinski definition) is 1. The fraction of sp³-hybridized carbons (Fsp3) is 0.143. The van der Waals surface area contributed by atoms with E-state index in [1.807, 2.05) is 0 Å². The molecule has 0 bridgehead atoms. The van der Waals surface area contributed by atoms with Crippen LogP contribution in [0, 0.1) is 29.1 Å². The lowest BCUT2D eigenvalue weighted by Crippen LogP contribution is -2.23. The zero-order valence-corrected chi connectivity index (χ0v) is 11.4. The summed E-state index contributed by atoms with van der Waals surface area (Å²) in [6, 6.07) is 4.73. The van der Waals surface area contributed by atoms with Gasteiger partial charge in [0.1, 0.15) is 0 Å². The third-order valence-corrected chi connectivity index (χ3v) is 3.38. The zero-order chi connectivity index (χ0) is 15.7. The van der Waals surface area contributed by atoms with E-state index in [0.29, 0.717) is 0 Å². The molecule has 112 valence electrons. The van der Waals surface area contributed by atoms with Crippen molar-refractivity contribution in [2.24, 2.45) is 0 Å². The molecular weight excluding hydrogens is 313 g/mol. The van der Waals surface area contributed by atoms with Crippen LogP contribution in [0.25, 0.3) is 0 Å².